The number of carbonyl (C=O) groups excluding carboxylic acids is 1. The van der Waals surface area contributed by atoms with Crippen molar-refractivity contribution in [2.24, 2.45) is 0 Å². The Morgan fingerprint density at radius 1 is 1.35 bits per heavy atom. The molecule has 2 aromatic rings. The Kier molecular flexibility index (Phi) is 5.74. The van der Waals surface area contributed by atoms with Crippen molar-refractivity contribution >= 4 is 18.3 Å². The zero-order valence-corrected chi connectivity index (χ0v) is 14.0. The molecule has 1 aromatic carbocycles. The number of hydrogen-bond acceptors (Lipinski definition) is 5. The summed E-state index contributed by atoms with van der Waals surface area (Å²) in [5.41, 5.74) is 1.45. The van der Waals surface area contributed by atoms with Gasteiger partial charge in [-0.3, -0.25) is 4.79 Å². The maximum atomic E-state index is 12.0. The number of benzene rings is 1. The second-order valence-corrected chi connectivity index (χ2v) is 5.71. The monoisotopic (exact) mass is 336 g/mol. The van der Waals surface area contributed by atoms with Crippen LogP contribution in [0.15, 0.2) is 28.8 Å². The topological polar surface area (TPSA) is 80.0 Å². The Hall–Kier alpha value is -1.92. The standard InChI is InChI=1S/C16H20N4O2.ClH/c1-10(17-2)9-18-15(21)12-5-7-13(8-6-12)16-19-14(20-22-16)11-3-4-11;/h5-8,10-11,17H,3-4,9H2,1-2H3,(H,18,21);1H. The Bertz CT molecular complexity index is 652. The van der Waals surface area contributed by atoms with Gasteiger partial charge >= 0.3 is 0 Å². The molecule has 1 heterocycles. The fourth-order valence-electron chi connectivity index (χ4n) is 2.07. The summed E-state index contributed by atoms with van der Waals surface area (Å²) in [5, 5.41) is 9.96. The molecular formula is C16H21ClN4O2. The lowest BCUT2D eigenvalue weighted by molar-refractivity contribution is 0.0950. The van der Waals surface area contributed by atoms with Gasteiger partial charge in [-0.2, -0.15) is 4.98 Å². The lowest BCUT2D eigenvalue weighted by atomic mass is 10.1. The molecule has 1 aliphatic carbocycles. The third kappa shape index (κ3) is 4.30. The molecule has 0 radical (unpaired) electrons. The van der Waals surface area contributed by atoms with E-state index < -0.39 is 0 Å². The molecule has 0 aliphatic heterocycles. The van der Waals surface area contributed by atoms with E-state index in [2.05, 4.69) is 20.8 Å². The predicted octanol–water partition coefficient (Wildman–Crippen LogP) is 2.37. The predicted molar refractivity (Wildman–Crippen MR) is 89.8 cm³/mol. The van der Waals surface area contributed by atoms with Gasteiger partial charge in [-0.1, -0.05) is 5.16 Å². The molecule has 2 N–H and O–H groups in total. The molecule has 23 heavy (non-hydrogen) atoms. The maximum absolute atomic E-state index is 12.0. The first-order valence-corrected chi connectivity index (χ1v) is 7.57. The van der Waals surface area contributed by atoms with Gasteiger partial charge < -0.3 is 15.2 Å². The smallest absolute Gasteiger partial charge is 0.257 e. The first kappa shape index (κ1) is 17.4. The number of rotatable bonds is 6. The average Bonchev–Trinajstić information content (AvgIpc) is 3.29. The van der Waals surface area contributed by atoms with Crippen LogP contribution in [0.3, 0.4) is 0 Å². The molecule has 1 aliphatic rings. The second kappa shape index (κ2) is 7.57. The van der Waals surface area contributed by atoms with Gasteiger partial charge in [0.1, 0.15) is 0 Å². The fraction of sp³-hybridized carbons (Fsp3) is 0.438. The molecule has 124 valence electrons. The Balaban J connectivity index is 0.00000192. The van der Waals surface area contributed by atoms with Gasteiger partial charge in [-0.05, 0) is 51.1 Å². The van der Waals surface area contributed by atoms with Gasteiger partial charge in [0.2, 0.25) is 0 Å². The van der Waals surface area contributed by atoms with Crippen molar-refractivity contribution in [2.45, 2.75) is 31.7 Å². The van der Waals surface area contributed by atoms with Gasteiger partial charge in [-0.25, -0.2) is 0 Å². The summed E-state index contributed by atoms with van der Waals surface area (Å²) in [4.78, 5) is 16.4. The quantitative estimate of drug-likeness (QED) is 0.846. The van der Waals surface area contributed by atoms with E-state index in [1.807, 2.05) is 26.1 Å². The van der Waals surface area contributed by atoms with E-state index in [-0.39, 0.29) is 24.4 Å². The van der Waals surface area contributed by atoms with E-state index >= 15 is 0 Å². The highest BCUT2D eigenvalue weighted by atomic mass is 35.5. The number of hydrogen-bond donors (Lipinski definition) is 2. The highest BCUT2D eigenvalue weighted by Gasteiger charge is 2.28. The highest BCUT2D eigenvalue weighted by Crippen LogP contribution is 2.38. The number of carbonyl (C=O) groups is 1. The molecule has 7 heteroatoms. The van der Waals surface area contributed by atoms with Crippen molar-refractivity contribution in [1.29, 1.82) is 0 Å². The van der Waals surface area contributed by atoms with E-state index in [9.17, 15) is 4.79 Å². The molecule has 0 saturated heterocycles. The van der Waals surface area contributed by atoms with Crippen LogP contribution in [0.5, 0.6) is 0 Å². The van der Waals surface area contributed by atoms with Crippen LogP contribution >= 0.6 is 12.4 Å². The molecule has 1 fully saturated rings. The van der Waals surface area contributed by atoms with Crippen LogP contribution in [0.2, 0.25) is 0 Å². The molecule has 1 unspecified atom stereocenters. The Labute approximate surface area is 141 Å². The van der Waals surface area contributed by atoms with E-state index in [1.165, 1.54) is 0 Å². The molecule has 3 rings (SSSR count). The summed E-state index contributed by atoms with van der Waals surface area (Å²) in [6.07, 6.45) is 2.28. The first-order valence-electron chi connectivity index (χ1n) is 7.57. The lowest BCUT2D eigenvalue weighted by Gasteiger charge is -2.11. The van der Waals surface area contributed by atoms with Crippen molar-refractivity contribution in [2.75, 3.05) is 13.6 Å². The van der Waals surface area contributed by atoms with Crippen molar-refractivity contribution in [3.8, 4) is 11.5 Å². The van der Waals surface area contributed by atoms with E-state index in [1.54, 1.807) is 12.1 Å². The summed E-state index contributed by atoms with van der Waals surface area (Å²) in [6, 6.07) is 7.45. The van der Waals surface area contributed by atoms with Crippen LogP contribution in [-0.4, -0.2) is 35.7 Å². The van der Waals surface area contributed by atoms with Gasteiger partial charge in [0.15, 0.2) is 5.82 Å². The minimum atomic E-state index is -0.0853. The SMILES string of the molecule is CNC(C)CNC(=O)c1ccc(-c2nc(C3CC3)no2)cc1.Cl. The molecule has 0 bridgehead atoms. The molecular weight excluding hydrogens is 316 g/mol. The van der Waals surface area contributed by atoms with Crippen LogP contribution in [0.25, 0.3) is 11.5 Å². The molecule has 1 aromatic heterocycles. The number of nitrogens with zero attached hydrogens (tertiary/aromatic N) is 2. The zero-order valence-electron chi connectivity index (χ0n) is 13.2. The van der Waals surface area contributed by atoms with E-state index in [4.69, 9.17) is 4.52 Å². The molecule has 6 nitrogen and oxygen atoms in total. The molecule has 0 spiro atoms. The van der Waals surface area contributed by atoms with Crippen molar-refractivity contribution in [1.82, 2.24) is 20.8 Å². The molecule has 1 atom stereocenters. The van der Waals surface area contributed by atoms with Crippen LogP contribution in [0.1, 0.15) is 41.9 Å². The van der Waals surface area contributed by atoms with Crippen LogP contribution in [-0.2, 0) is 0 Å². The van der Waals surface area contributed by atoms with Crippen molar-refractivity contribution in [3.63, 3.8) is 0 Å². The third-order valence-electron chi connectivity index (χ3n) is 3.84. The summed E-state index contributed by atoms with van der Waals surface area (Å²) >= 11 is 0. The number of aromatic nitrogens is 2. The van der Waals surface area contributed by atoms with E-state index in [0.29, 0.717) is 23.9 Å². The zero-order chi connectivity index (χ0) is 15.5. The lowest BCUT2D eigenvalue weighted by Crippen LogP contribution is -2.37. The second-order valence-electron chi connectivity index (χ2n) is 5.71. The molecule has 1 saturated carbocycles. The highest BCUT2D eigenvalue weighted by molar-refractivity contribution is 5.94. The minimum absolute atomic E-state index is 0. The summed E-state index contributed by atoms with van der Waals surface area (Å²) < 4.78 is 5.28. The minimum Gasteiger partial charge on any atom is -0.350 e. The summed E-state index contributed by atoms with van der Waals surface area (Å²) in [6.45, 7) is 2.60. The van der Waals surface area contributed by atoms with Gasteiger partial charge in [0, 0.05) is 29.6 Å². The average molecular weight is 337 g/mol. The van der Waals surface area contributed by atoms with Crippen LogP contribution in [0.4, 0.5) is 0 Å². The van der Waals surface area contributed by atoms with Crippen molar-refractivity contribution in [3.05, 3.63) is 35.7 Å². The number of amides is 1. The maximum Gasteiger partial charge on any atom is 0.257 e. The van der Waals surface area contributed by atoms with Gasteiger partial charge in [-0.15, -0.1) is 12.4 Å². The van der Waals surface area contributed by atoms with E-state index in [0.717, 1.165) is 24.2 Å². The number of halogens is 1. The molecule has 1 amide bonds. The van der Waals surface area contributed by atoms with Gasteiger partial charge in [0.25, 0.3) is 11.8 Å². The van der Waals surface area contributed by atoms with Gasteiger partial charge in [0.05, 0.1) is 0 Å². The van der Waals surface area contributed by atoms with Crippen molar-refractivity contribution < 1.29 is 9.32 Å². The Morgan fingerprint density at radius 2 is 2.04 bits per heavy atom. The fourth-order valence-corrected chi connectivity index (χ4v) is 2.07. The third-order valence-corrected chi connectivity index (χ3v) is 3.84. The van der Waals surface area contributed by atoms with Crippen LogP contribution in [0, 0.1) is 0 Å². The largest absolute Gasteiger partial charge is 0.350 e. The normalized spacial score (nSPS) is 14.9. The summed E-state index contributed by atoms with van der Waals surface area (Å²) in [7, 11) is 1.87. The first-order chi connectivity index (χ1) is 10.7. The summed E-state index contributed by atoms with van der Waals surface area (Å²) in [5.74, 6) is 1.69. The number of nitrogens with one attached hydrogen (secondary N) is 2. The Morgan fingerprint density at radius 3 is 2.65 bits per heavy atom. The van der Waals surface area contributed by atoms with Crippen LogP contribution < -0.4 is 10.6 Å². The number of likely N-dealkylation sites (N-methyl/N-ethyl adjacent to an activating group) is 1.